The molecule has 1 fully saturated rings. The number of halogens is 4. The predicted molar refractivity (Wildman–Crippen MR) is 126 cm³/mol. The van der Waals surface area contributed by atoms with E-state index in [0.29, 0.717) is 18.4 Å². The molecule has 0 aliphatic carbocycles. The van der Waals surface area contributed by atoms with Crippen LogP contribution in [0.2, 0.25) is 5.02 Å². The van der Waals surface area contributed by atoms with Crippen molar-refractivity contribution >= 4 is 44.8 Å². The van der Waals surface area contributed by atoms with Gasteiger partial charge in [0.25, 0.3) is 0 Å². The molecule has 3 aromatic rings. The number of carbonyl (C=O) groups is 1. The Bertz CT molecular complexity index is 1340. The van der Waals surface area contributed by atoms with Crippen molar-refractivity contribution in [3.8, 4) is 11.1 Å². The lowest BCUT2D eigenvalue weighted by atomic mass is 9.92. The van der Waals surface area contributed by atoms with E-state index in [0.717, 1.165) is 6.07 Å². The molecule has 2 aromatic carbocycles. The number of Topliss-reactive ketones (excluding diaryl/α,β-unsaturated/α-hetero) is 1. The molecule has 0 amide bonds. The molecular weight excluding hydrogens is 507 g/mol. The molecule has 1 saturated heterocycles. The molecule has 1 aliphatic heterocycles. The first-order chi connectivity index (χ1) is 16.4. The summed E-state index contributed by atoms with van der Waals surface area (Å²) in [5, 5.41) is 8.60. The minimum Gasteiger partial charge on any atom is -0.368 e. The highest BCUT2D eigenvalue weighted by atomic mass is 35.5. The Labute approximate surface area is 204 Å². The third kappa shape index (κ3) is 5.93. The highest BCUT2D eigenvalue weighted by molar-refractivity contribution is 7.91. The summed E-state index contributed by atoms with van der Waals surface area (Å²) in [5.41, 5.74) is 5.17. The summed E-state index contributed by atoms with van der Waals surface area (Å²) in [6.45, 7) is 0. The molecule has 0 bridgehead atoms. The number of alkyl halides is 3. The lowest BCUT2D eigenvalue weighted by Crippen LogP contribution is -2.29. The summed E-state index contributed by atoms with van der Waals surface area (Å²) in [4.78, 5) is 16.4. The lowest BCUT2D eigenvalue weighted by Gasteiger charge is -2.20. The number of hydrogen-bond donors (Lipinski definition) is 3. The number of nitrogens with one attached hydrogen (secondary N) is 2. The zero-order valence-electron chi connectivity index (χ0n) is 18.2. The van der Waals surface area contributed by atoms with Crippen LogP contribution >= 0.6 is 11.6 Å². The van der Waals surface area contributed by atoms with Gasteiger partial charge in [-0.15, -0.1) is 5.10 Å². The number of nitrogens with two attached hydrogens (primary N) is 1. The molecule has 2 heterocycles. The van der Waals surface area contributed by atoms with Crippen LogP contribution in [0.15, 0.2) is 36.4 Å². The zero-order valence-corrected chi connectivity index (χ0v) is 19.8. The lowest BCUT2D eigenvalue weighted by molar-refractivity contribution is -0.137. The summed E-state index contributed by atoms with van der Waals surface area (Å²) < 4.78 is 64.9. The molecule has 35 heavy (non-hydrogen) atoms. The minimum absolute atomic E-state index is 0.00152. The van der Waals surface area contributed by atoms with Gasteiger partial charge in [-0.05, 0) is 36.1 Å². The molecule has 186 valence electrons. The molecule has 0 atom stereocenters. The normalized spacial score (nSPS) is 16.2. The molecule has 1 aromatic heterocycles. The van der Waals surface area contributed by atoms with E-state index in [1.165, 1.54) is 18.2 Å². The molecular formula is C22H21ClF3N5O3S. The van der Waals surface area contributed by atoms with Crippen LogP contribution in [0.3, 0.4) is 0 Å². The topological polar surface area (TPSA) is 131 Å². The van der Waals surface area contributed by atoms with Crippen LogP contribution < -0.4 is 11.1 Å². The summed E-state index contributed by atoms with van der Waals surface area (Å²) >= 11 is 6.28. The molecule has 0 saturated carbocycles. The fraction of sp³-hybridized carbons (Fsp3) is 0.318. The quantitative estimate of drug-likeness (QED) is 0.433. The number of anilines is 3. The van der Waals surface area contributed by atoms with E-state index in [-0.39, 0.29) is 63.4 Å². The number of sulfone groups is 1. The maximum absolute atomic E-state index is 13.9. The Balaban J connectivity index is 1.56. The van der Waals surface area contributed by atoms with Crippen LogP contribution in [0.1, 0.15) is 24.0 Å². The number of benzene rings is 2. The van der Waals surface area contributed by atoms with Gasteiger partial charge in [-0.1, -0.05) is 35.9 Å². The van der Waals surface area contributed by atoms with E-state index in [1.807, 2.05) is 0 Å². The van der Waals surface area contributed by atoms with Crippen LogP contribution in [0, 0.1) is 5.92 Å². The van der Waals surface area contributed by atoms with Crippen molar-refractivity contribution in [2.24, 2.45) is 5.92 Å². The van der Waals surface area contributed by atoms with Gasteiger partial charge in [0.2, 0.25) is 11.9 Å². The Morgan fingerprint density at radius 2 is 1.83 bits per heavy atom. The molecule has 0 spiro atoms. The van der Waals surface area contributed by atoms with Gasteiger partial charge in [-0.25, -0.2) is 13.5 Å². The van der Waals surface area contributed by atoms with Gasteiger partial charge >= 0.3 is 6.18 Å². The fourth-order valence-corrected chi connectivity index (χ4v) is 5.82. The Kier molecular flexibility index (Phi) is 6.78. The summed E-state index contributed by atoms with van der Waals surface area (Å²) in [6, 6.07) is 8.34. The molecule has 0 radical (unpaired) electrons. The number of aromatic amines is 1. The maximum Gasteiger partial charge on any atom is 0.417 e. The molecule has 4 rings (SSSR count). The molecule has 0 unspecified atom stereocenters. The van der Waals surface area contributed by atoms with Gasteiger partial charge in [0, 0.05) is 23.6 Å². The smallest absolute Gasteiger partial charge is 0.368 e. The maximum atomic E-state index is 13.9. The monoisotopic (exact) mass is 527 g/mol. The van der Waals surface area contributed by atoms with E-state index >= 15 is 0 Å². The Hall–Kier alpha value is -3.12. The van der Waals surface area contributed by atoms with Crippen LogP contribution in [0.25, 0.3) is 11.1 Å². The van der Waals surface area contributed by atoms with E-state index in [4.69, 9.17) is 17.3 Å². The van der Waals surface area contributed by atoms with E-state index < -0.39 is 21.6 Å². The number of H-pyrrole nitrogens is 1. The first-order valence-electron chi connectivity index (χ1n) is 10.6. The zero-order chi connectivity index (χ0) is 25.4. The van der Waals surface area contributed by atoms with E-state index in [9.17, 15) is 26.4 Å². The third-order valence-corrected chi connectivity index (χ3v) is 7.80. The van der Waals surface area contributed by atoms with E-state index in [2.05, 4.69) is 20.5 Å². The molecule has 1 aliphatic rings. The van der Waals surface area contributed by atoms with Crippen molar-refractivity contribution in [2.45, 2.75) is 25.4 Å². The largest absolute Gasteiger partial charge is 0.417 e. The average Bonchev–Trinajstić information content (AvgIpc) is 3.18. The summed E-state index contributed by atoms with van der Waals surface area (Å²) in [6.07, 6.45) is -4.03. The Morgan fingerprint density at radius 3 is 2.40 bits per heavy atom. The fourth-order valence-electron chi connectivity index (χ4n) is 4.00. The van der Waals surface area contributed by atoms with Crippen molar-refractivity contribution < 1.29 is 26.4 Å². The van der Waals surface area contributed by atoms with Crippen molar-refractivity contribution in [3.63, 3.8) is 0 Å². The van der Waals surface area contributed by atoms with Crippen LogP contribution in [0.5, 0.6) is 0 Å². The van der Waals surface area contributed by atoms with Gasteiger partial charge in [0.05, 0.1) is 22.1 Å². The number of nitrogen functional groups attached to an aromatic ring is 1. The van der Waals surface area contributed by atoms with Crippen molar-refractivity contribution in [3.05, 3.63) is 52.5 Å². The van der Waals surface area contributed by atoms with Gasteiger partial charge in [0.1, 0.15) is 15.6 Å². The number of nitrogens with zero attached hydrogens (tertiary/aromatic N) is 2. The van der Waals surface area contributed by atoms with Gasteiger partial charge in [-0.3, -0.25) is 4.79 Å². The SMILES string of the molecule is Nc1nc(Nc2cc(Cl)c(-c3ccc(CC(=O)C4CCS(=O)(=O)CC4)cc3)c(C(F)(F)F)c2)n[nH]1. The number of hydrogen-bond acceptors (Lipinski definition) is 7. The van der Waals surface area contributed by atoms with E-state index in [1.54, 1.807) is 12.1 Å². The van der Waals surface area contributed by atoms with Gasteiger partial charge < -0.3 is 11.1 Å². The average molecular weight is 528 g/mol. The number of aromatic nitrogens is 3. The standard InChI is InChI=1S/C22H21ClF3N5O3S/c23-17-11-15(28-21-29-20(27)30-31-21)10-16(22(24,25)26)19(17)14-3-1-12(2-4-14)9-18(32)13-5-7-35(33,34)8-6-13/h1-4,10-11,13H,5-9H2,(H4,27,28,29,30,31). The van der Waals surface area contributed by atoms with Gasteiger partial charge in [-0.2, -0.15) is 18.2 Å². The Morgan fingerprint density at radius 1 is 1.17 bits per heavy atom. The van der Waals surface area contributed by atoms with Crippen molar-refractivity contribution in [2.75, 3.05) is 22.6 Å². The highest BCUT2D eigenvalue weighted by Crippen LogP contribution is 2.43. The summed E-state index contributed by atoms with van der Waals surface area (Å²) in [5.74, 6) is -0.429. The molecule has 4 N–H and O–H groups in total. The second kappa shape index (κ2) is 9.50. The minimum atomic E-state index is -4.70. The van der Waals surface area contributed by atoms with Crippen molar-refractivity contribution in [1.29, 1.82) is 0 Å². The number of ketones is 1. The number of carbonyl (C=O) groups excluding carboxylic acids is 1. The predicted octanol–water partition coefficient (Wildman–Crippen LogP) is 4.41. The third-order valence-electron chi connectivity index (χ3n) is 5.79. The molecule has 13 heteroatoms. The van der Waals surface area contributed by atoms with Crippen LogP contribution in [-0.2, 0) is 27.2 Å². The number of rotatable bonds is 6. The second-order valence-corrected chi connectivity index (χ2v) is 11.0. The molecule has 8 nitrogen and oxygen atoms in total. The van der Waals surface area contributed by atoms with Crippen LogP contribution in [0.4, 0.5) is 30.8 Å². The highest BCUT2D eigenvalue weighted by Gasteiger charge is 2.35. The van der Waals surface area contributed by atoms with Crippen molar-refractivity contribution in [1.82, 2.24) is 15.2 Å². The second-order valence-electron chi connectivity index (χ2n) is 8.31. The first-order valence-corrected chi connectivity index (χ1v) is 12.8. The summed E-state index contributed by atoms with van der Waals surface area (Å²) in [7, 11) is -3.07. The van der Waals surface area contributed by atoms with Gasteiger partial charge in [0.15, 0.2) is 0 Å². The van der Waals surface area contributed by atoms with Crippen LogP contribution in [-0.4, -0.2) is 40.9 Å². The first kappa shape index (κ1) is 25.0.